The predicted molar refractivity (Wildman–Crippen MR) is 65.1 cm³/mol. The molecule has 1 amide bonds. The number of hydrogen-bond donors (Lipinski definition) is 1. The molecule has 0 aromatic heterocycles. The van der Waals surface area contributed by atoms with Crippen LogP contribution in [0.3, 0.4) is 0 Å². The van der Waals surface area contributed by atoms with Gasteiger partial charge in [0, 0.05) is 0 Å². The number of amides is 1. The maximum absolute atomic E-state index is 12.6. The van der Waals surface area contributed by atoms with Crippen molar-refractivity contribution in [1.29, 1.82) is 0 Å². The van der Waals surface area contributed by atoms with Gasteiger partial charge in [-0.15, -0.1) is 0 Å². The van der Waals surface area contributed by atoms with Crippen LogP contribution in [0.2, 0.25) is 0 Å². The Kier molecular flexibility index (Phi) is 3.26. The van der Waals surface area contributed by atoms with Crippen LogP contribution in [0.15, 0.2) is 24.3 Å². The molecule has 0 radical (unpaired) electrons. The van der Waals surface area contributed by atoms with Crippen LogP contribution in [0.1, 0.15) is 24.5 Å². The number of alkyl halides is 3. The van der Waals surface area contributed by atoms with Gasteiger partial charge in [-0.05, 0) is 30.2 Å². The van der Waals surface area contributed by atoms with Gasteiger partial charge in [-0.25, -0.2) is 4.79 Å². The molecule has 1 aromatic carbocycles. The summed E-state index contributed by atoms with van der Waals surface area (Å²) < 4.78 is 37.8. The Hall–Kier alpha value is -1.98. The van der Waals surface area contributed by atoms with E-state index in [1.165, 1.54) is 12.1 Å². The summed E-state index contributed by atoms with van der Waals surface area (Å²) in [6.45, 7) is 1.82. The second-order valence-electron chi connectivity index (χ2n) is 4.26. The first kappa shape index (κ1) is 13.5. The number of anilines is 1. The third-order valence-corrected chi connectivity index (χ3v) is 3.07. The topological polar surface area (TPSA) is 40.5 Å². The van der Waals surface area contributed by atoms with E-state index in [0.29, 0.717) is 6.42 Å². The Morgan fingerprint density at radius 1 is 1.42 bits per heavy atom. The SMILES string of the molecule is CCC1C=Cc2cc(C(F)(F)F)ccc2N1C(=O)O. The fraction of sp³-hybridized carbons (Fsp3) is 0.308. The minimum Gasteiger partial charge on any atom is -0.465 e. The molecule has 1 aliphatic heterocycles. The van der Waals surface area contributed by atoms with Gasteiger partial charge in [0.2, 0.25) is 0 Å². The molecule has 3 nitrogen and oxygen atoms in total. The van der Waals surface area contributed by atoms with Crippen molar-refractivity contribution in [3.63, 3.8) is 0 Å². The van der Waals surface area contributed by atoms with E-state index in [1.54, 1.807) is 6.08 Å². The van der Waals surface area contributed by atoms with Gasteiger partial charge in [0.1, 0.15) is 0 Å². The van der Waals surface area contributed by atoms with Crippen LogP contribution in [0.5, 0.6) is 0 Å². The number of rotatable bonds is 1. The van der Waals surface area contributed by atoms with Crippen LogP contribution >= 0.6 is 0 Å². The molecule has 19 heavy (non-hydrogen) atoms. The maximum Gasteiger partial charge on any atom is 0.416 e. The van der Waals surface area contributed by atoms with Crippen molar-refractivity contribution >= 4 is 17.9 Å². The zero-order chi connectivity index (χ0) is 14.2. The number of benzene rings is 1. The summed E-state index contributed by atoms with van der Waals surface area (Å²) in [5.74, 6) is 0. The molecule has 0 saturated heterocycles. The standard InChI is InChI=1S/C13H12F3NO2/c1-2-10-5-3-8-7-9(13(14,15)16)4-6-11(8)17(10)12(18)19/h3-7,10H,2H2,1H3,(H,18,19). The smallest absolute Gasteiger partial charge is 0.416 e. The minimum absolute atomic E-state index is 0.266. The van der Waals surface area contributed by atoms with Crippen LogP contribution in [0, 0.1) is 0 Å². The van der Waals surface area contributed by atoms with Gasteiger partial charge in [-0.1, -0.05) is 19.1 Å². The lowest BCUT2D eigenvalue weighted by molar-refractivity contribution is -0.137. The molecule has 1 heterocycles. The van der Waals surface area contributed by atoms with E-state index >= 15 is 0 Å². The molecule has 0 spiro atoms. The van der Waals surface area contributed by atoms with Crippen molar-refractivity contribution in [3.8, 4) is 0 Å². The highest BCUT2D eigenvalue weighted by atomic mass is 19.4. The van der Waals surface area contributed by atoms with Crippen molar-refractivity contribution in [2.75, 3.05) is 4.90 Å². The summed E-state index contributed by atoms with van der Waals surface area (Å²) >= 11 is 0. The Balaban J connectivity index is 2.51. The molecule has 2 rings (SSSR count). The number of carbonyl (C=O) groups is 1. The van der Waals surface area contributed by atoms with E-state index in [9.17, 15) is 23.1 Å². The van der Waals surface area contributed by atoms with Crippen LogP contribution < -0.4 is 4.90 Å². The first-order chi connectivity index (χ1) is 8.84. The van der Waals surface area contributed by atoms with Crippen molar-refractivity contribution in [3.05, 3.63) is 35.4 Å². The van der Waals surface area contributed by atoms with Gasteiger partial charge in [-0.2, -0.15) is 13.2 Å². The molecular weight excluding hydrogens is 259 g/mol. The first-order valence-electron chi connectivity index (χ1n) is 5.76. The van der Waals surface area contributed by atoms with E-state index in [1.807, 2.05) is 6.92 Å². The second-order valence-corrected chi connectivity index (χ2v) is 4.26. The lowest BCUT2D eigenvalue weighted by Gasteiger charge is -2.31. The predicted octanol–water partition coefficient (Wildman–Crippen LogP) is 4.00. The van der Waals surface area contributed by atoms with Crippen molar-refractivity contribution in [2.24, 2.45) is 0 Å². The van der Waals surface area contributed by atoms with Crippen LogP contribution in [0.25, 0.3) is 6.08 Å². The van der Waals surface area contributed by atoms with Crippen molar-refractivity contribution < 1.29 is 23.1 Å². The van der Waals surface area contributed by atoms with Crippen LogP contribution in [-0.2, 0) is 6.18 Å². The summed E-state index contributed by atoms with van der Waals surface area (Å²) in [4.78, 5) is 12.3. The number of nitrogens with zero attached hydrogens (tertiary/aromatic N) is 1. The third-order valence-electron chi connectivity index (χ3n) is 3.07. The highest BCUT2D eigenvalue weighted by molar-refractivity contribution is 5.92. The number of fused-ring (bicyclic) bond motifs is 1. The molecule has 0 aliphatic carbocycles. The normalized spacial score (nSPS) is 18.3. The molecule has 1 unspecified atom stereocenters. The van der Waals surface area contributed by atoms with E-state index < -0.39 is 17.8 Å². The molecule has 1 N–H and O–H groups in total. The Labute approximate surface area is 108 Å². The van der Waals surface area contributed by atoms with E-state index in [-0.39, 0.29) is 17.3 Å². The highest BCUT2D eigenvalue weighted by Crippen LogP contribution is 2.36. The molecule has 0 fully saturated rings. The van der Waals surface area contributed by atoms with Crippen molar-refractivity contribution in [2.45, 2.75) is 25.6 Å². The van der Waals surface area contributed by atoms with Crippen molar-refractivity contribution in [1.82, 2.24) is 0 Å². The molecule has 1 atom stereocenters. The van der Waals surface area contributed by atoms with Gasteiger partial charge < -0.3 is 5.11 Å². The Morgan fingerprint density at radius 2 is 2.11 bits per heavy atom. The van der Waals surface area contributed by atoms with Crippen LogP contribution in [0.4, 0.5) is 23.7 Å². The van der Waals surface area contributed by atoms with Gasteiger partial charge in [-0.3, -0.25) is 4.90 Å². The molecule has 1 aromatic rings. The molecule has 0 saturated carbocycles. The molecule has 6 heteroatoms. The average molecular weight is 271 g/mol. The monoisotopic (exact) mass is 271 g/mol. The van der Waals surface area contributed by atoms with Crippen LogP contribution in [-0.4, -0.2) is 17.2 Å². The minimum atomic E-state index is -4.43. The fourth-order valence-electron chi connectivity index (χ4n) is 2.13. The maximum atomic E-state index is 12.6. The lowest BCUT2D eigenvalue weighted by Crippen LogP contribution is -2.40. The van der Waals surface area contributed by atoms with Gasteiger partial charge in [0.15, 0.2) is 0 Å². The number of halogens is 3. The summed E-state index contributed by atoms with van der Waals surface area (Å²) in [7, 11) is 0. The first-order valence-corrected chi connectivity index (χ1v) is 5.76. The summed E-state index contributed by atoms with van der Waals surface area (Å²) in [6.07, 6.45) is -1.89. The molecular formula is C13H12F3NO2. The Morgan fingerprint density at radius 3 is 2.63 bits per heavy atom. The summed E-state index contributed by atoms with van der Waals surface area (Å²) in [5, 5.41) is 9.19. The lowest BCUT2D eigenvalue weighted by atomic mass is 9.99. The summed E-state index contributed by atoms with van der Waals surface area (Å²) in [5.41, 5.74) is -0.229. The Bertz CT molecular complexity index is 537. The molecule has 102 valence electrons. The van der Waals surface area contributed by atoms with Gasteiger partial charge in [0.25, 0.3) is 0 Å². The number of hydrogen-bond acceptors (Lipinski definition) is 1. The third kappa shape index (κ3) is 2.43. The van der Waals surface area contributed by atoms with E-state index in [0.717, 1.165) is 17.0 Å². The number of carboxylic acid groups (broad SMARTS) is 1. The average Bonchev–Trinajstić information content (AvgIpc) is 2.35. The zero-order valence-corrected chi connectivity index (χ0v) is 10.1. The quantitative estimate of drug-likeness (QED) is 0.838. The second kappa shape index (κ2) is 4.60. The largest absolute Gasteiger partial charge is 0.465 e. The van der Waals surface area contributed by atoms with E-state index in [2.05, 4.69) is 0 Å². The zero-order valence-electron chi connectivity index (χ0n) is 10.1. The van der Waals surface area contributed by atoms with Gasteiger partial charge in [0.05, 0.1) is 17.3 Å². The van der Waals surface area contributed by atoms with E-state index in [4.69, 9.17) is 0 Å². The molecule has 0 bridgehead atoms. The molecule has 1 aliphatic rings. The highest BCUT2D eigenvalue weighted by Gasteiger charge is 2.33. The fourth-order valence-corrected chi connectivity index (χ4v) is 2.13. The summed E-state index contributed by atoms with van der Waals surface area (Å²) in [6, 6.07) is 2.73. The van der Waals surface area contributed by atoms with Gasteiger partial charge >= 0.3 is 12.3 Å².